The Balaban J connectivity index is 1.57. The highest BCUT2D eigenvalue weighted by Crippen LogP contribution is 2.23. The lowest BCUT2D eigenvalue weighted by atomic mass is 10.1. The summed E-state index contributed by atoms with van der Waals surface area (Å²) in [6.45, 7) is 8.71. The maximum Gasteiger partial charge on any atom is 0.227 e. The van der Waals surface area contributed by atoms with Crippen molar-refractivity contribution in [1.82, 2.24) is 24.9 Å². The molecule has 0 bridgehead atoms. The number of carbonyl (C=O) groups is 1. The largest absolute Gasteiger partial charge is 0.498 e. The number of ether oxygens (including phenoxy) is 2. The summed E-state index contributed by atoms with van der Waals surface area (Å²) in [6, 6.07) is 5.83. The number of hydrogen-bond acceptors (Lipinski definition) is 6. The molecule has 1 N–H and O–H groups in total. The van der Waals surface area contributed by atoms with Gasteiger partial charge in [-0.1, -0.05) is 13.0 Å². The van der Waals surface area contributed by atoms with Crippen LogP contribution < -0.4 is 10.1 Å². The monoisotopic (exact) mass is 411 g/mol. The fraction of sp³-hybridized carbons (Fsp3) is 0.455. The number of nitrogens with zero attached hydrogens (tertiary/aromatic N) is 4. The minimum Gasteiger partial charge on any atom is -0.498 e. The lowest BCUT2D eigenvalue weighted by Gasteiger charge is -2.09. The second kappa shape index (κ2) is 10.0. The summed E-state index contributed by atoms with van der Waals surface area (Å²) in [5.41, 5.74) is 3.55. The Morgan fingerprint density at radius 3 is 2.83 bits per heavy atom. The van der Waals surface area contributed by atoms with Gasteiger partial charge in [0.1, 0.15) is 11.6 Å². The van der Waals surface area contributed by atoms with Crippen LogP contribution in [0.5, 0.6) is 5.75 Å². The van der Waals surface area contributed by atoms with E-state index in [9.17, 15) is 4.79 Å². The normalized spacial score (nSPS) is 11.0. The number of rotatable bonds is 11. The molecule has 0 unspecified atom stereocenters. The lowest BCUT2D eigenvalue weighted by molar-refractivity contribution is -0.121. The van der Waals surface area contributed by atoms with E-state index < -0.39 is 0 Å². The first-order valence-corrected chi connectivity index (χ1v) is 10.3. The highest BCUT2D eigenvalue weighted by molar-refractivity contribution is 5.80. The second-order valence-corrected chi connectivity index (χ2v) is 7.13. The van der Waals surface area contributed by atoms with Crippen LogP contribution in [0.25, 0.3) is 16.7 Å². The smallest absolute Gasteiger partial charge is 0.227 e. The molecule has 3 aromatic rings. The molecular formula is C22H29N5O3. The van der Waals surface area contributed by atoms with E-state index in [1.165, 1.54) is 0 Å². The summed E-state index contributed by atoms with van der Waals surface area (Å²) < 4.78 is 12.6. The Labute approximate surface area is 176 Å². The van der Waals surface area contributed by atoms with E-state index in [1.807, 2.05) is 36.4 Å². The molecule has 0 saturated carbocycles. The third-order valence-corrected chi connectivity index (χ3v) is 4.88. The minimum absolute atomic E-state index is 0.0563. The third kappa shape index (κ3) is 5.06. The third-order valence-electron chi connectivity index (χ3n) is 4.88. The van der Waals surface area contributed by atoms with Gasteiger partial charge < -0.3 is 14.8 Å². The maximum atomic E-state index is 11.8. The summed E-state index contributed by atoms with van der Waals surface area (Å²) in [4.78, 5) is 16.6. The van der Waals surface area contributed by atoms with E-state index in [0.717, 1.165) is 59.6 Å². The molecular weight excluding hydrogens is 382 g/mol. The van der Waals surface area contributed by atoms with E-state index >= 15 is 0 Å². The van der Waals surface area contributed by atoms with Crippen LogP contribution in [0.2, 0.25) is 0 Å². The van der Waals surface area contributed by atoms with E-state index in [0.29, 0.717) is 18.9 Å². The van der Waals surface area contributed by atoms with Gasteiger partial charge >= 0.3 is 0 Å². The van der Waals surface area contributed by atoms with Crippen molar-refractivity contribution in [3.8, 4) is 5.75 Å². The molecule has 160 valence electrons. The molecule has 3 rings (SSSR count). The Hall–Kier alpha value is -3.16. The zero-order chi connectivity index (χ0) is 21.5. The van der Waals surface area contributed by atoms with E-state index in [1.54, 1.807) is 7.11 Å². The van der Waals surface area contributed by atoms with Crippen molar-refractivity contribution < 1.29 is 14.3 Å². The van der Waals surface area contributed by atoms with Crippen molar-refractivity contribution in [1.29, 1.82) is 0 Å². The predicted octanol–water partition coefficient (Wildman–Crippen LogP) is 3.36. The summed E-state index contributed by atoms with van der Waals surface area (Å²) in [6.07, 6.45) is 3.83. The van der Waals surface area contributed by atoms with Crippen LogP contribution in [0.1, 0.15) is 44.1 Å². The van der Waals surface area contributed by atoms with Crippen molar-refractivity contribution in [2.75, 3.05) is 20.3 Å². The maximum absolute atomic E-state index is 11.8. The molecule has 0 aliphatic carbocycles. The van der Waals surface area contributed by atoms with E-state index in [-0.39, 0.29) is 12.3 Å². The molecule has 1 amide bonds. The predicted molar refractivity (Wildman–Crippen MR) is 116 cm³/mol. The van der Waals surface area contributed by atoms with Crippen molar-refractivity contribution >= 4 is 22.6 Å². The number of methoxy groups -OCH3 is 1. The molecule has 8 nitrogen and oxygen atoms in total. The molecule has 0 spiro atoms. The van der Waals surface area contributed by atoms with Gasteiger partial charge in [0.25, 0.3) is 0 Å². The lowest BCUT2D eigenvalue weighted by Crippen LogP contribution is -2.24. The number of amides is 1. The molecule has 8 heteroatoms. The van der Waals surface area contributed by atoms with Gasteiger partial charge in [-0.15, -0.1) is 10.2 Å². The number of fused-ring (bicyclic) bond motifs is 3. The van der Waals surface area contributed by atoms with Crippen LogP contribution in [-0.2, 0) is 16.0 Å². The molecule has 1 aromatic carbocycles. The Morgan fingerprint density at radius 2 is 2.07 bits per heavy atom. The molecule has 2 heterocycles. The highest BCUT2D eigenvalue weighted by atomic mass is 16.5. The summed E-state index contributed by atoms with van der Waals surface area (Å²) in [5.74, 6) is 2.05. The van der Waals surface area contributed by atoms with Gasteiger partial charge in [-0.2, -0.15) is 0 Å². The number of aryl methyl sites for hydroxylation is 2. The second-order valence-electron chi connectivity index (χ2n) is 7.13. The SMILES string of the molecule is C=C(CC(=O)NCCCCCc1nc2cc(OC)ccc2n2c(C)nnc12)OCC. The first-order chi connectivity index (χ1) is 14.5. The summed E-state index contributed by atoms with van der Waals surface area (Å²) in [5, 5.41) is 11.5. The van der Waals surface area contributed by atoms with Crippen molar-refractivity contribution in [3.63, 3.8) is 0 Å². The van der Waals surface area contributed by atoms with Crippen molar-refractivity contribution in [2.24, 2.45) is 0 Å². The zero-order valence-electron chi connectivity index (χ0n) is 17.9. The van der Waals surface area contributed by atoms with Gasteiger partial charge in [0.05, 0.1) is 42.6 Å². The van der Waals surface area contributed by atoms with Crippen LogP contribution in [0.4, 0.5) is 0 Å². The molecule has 0 saturated heterocycles. The van der Waals surface area contributed by atoms with Gasteiger partial charge in [0, 0.05) is 12.6 Å². The summed E-state index contributed by atoms with van der Waals surface area (Å²) in [7, 11) is 1.65. The van der Waals surface area contributed by atoms with Crippen LogP contribution in [-0.4, -0.2) is 45.8 Å². The number of carbonyl (C=O) groups excluding carboxylic acids is 1. The van der Waals surface area contributed by atoms with Gasteiger partial charge in [-0.25, -0.2) is 4.98 Å². The van der Waals surface area contributed by atoms with Crippen molar-refractivity contribution in [3.05, 3.63) is 42.1 Å². The molecule has 0 fully saturated rings. The Bertz CT molecular complexity index is 1040. The van der Waals surface area contributed by atoms with Crippen LogP contribution in [0, 0.1) is 6.92 Å². The zero-order valence-corrected chi connectivity index (χ0v) is 17.9. The first kappa shape index (κ1) is 21.5. The quantitative estimate of drug-likeness (QED) is 0.384. The standard InChI is InChI=1S/C22H29N5O3/c1-5-30-15(2)13-21(28)23-12-8-6-7-9-18-22-26-25-16(3)27(22)20-11-10-17(29-4)14-19(20)24-18/h10-11,14H,2,5-9,12-13H2,1,3-4H3,(H,23,28). The van der Waals surface area contributed by atoms with E-state index in [4.69, 9.17) is 14.5 Å². The van der Waals surface area contributed by atoms with Crippen LogP contribution in [0.15, 0.2) is 30.5 Å². The first-order valence-electron chi connectivity index (χ1n) is 10.3. The number of aromatic nitrogens is 4. The molecule has 30 heavy (non-hydrogen) atoms. The molecule has 0 aliphatic heterocycles. The van der Waals surface area contributed by atoms with Gasteiger partial charge in [-0.3, -0.25) is 9.20 Å². The number of benzene rings is 1. The molecule has 0 radical (unpaired) electrons. The number of nitrogens with one attached hydrogen (secondary N) is 1. The summed E-state index contributed by atoms with van der Waals surface area (Å²) >= 11 is 0. The molecule has 0 aliphatic rings. The van der Waals surface area contributed by atoms with Gasteiger partial charge in [0.15, 0.2) is 5.65 Å². The van der Waals surface area contributed by atoms with Gasteiger partial charge in [0.2, 0.25) is 5.91 Å². The topological polar surface area (TPSA) is 90.6 Å². The van der Waals surface area contributed by atoms with Crippen LogP contribution >= 0.6 is 0 Å². The van der Waals surface area contributed by atoms with Crippen molar-refractivity contribution in [2.45, 2.75) is 46.0 Å². The average molecular weight is 412 g/mol. The Morgan fingerprint density at radius 1 is 1.23 bits per heavy atom. The molecule has 0 atom stereocenters. The Kier molecular flexibility index (Phi) is 7.21. The fourth-order valence-corrected chi connectivity index (χ4v) is 3.43. The van der Waals surface area contributed by atoms with E-state index in [2.05, 4.69) is 22.1 Å². The minimum atomic E-state index is -0.0563. The molecule has 2 aromatic heterocycles. The highest BCUT2D eigenvalue weighted by Gasteiger charge is 2.13. The van der Waals surface area contributed by atoms with Gasteiger partial charge in [-0.05, 0) is 45.2 Å². The average Bonchev–Trinajstić information content (AvgIpc) is 3.12. The van der Waals surface area contributed by atoms with Crippen LogP contribution in [0.3, 0.4) is 0 Å². The fourth-order valence-electron chi connectivity index (χ4n) is 3.43. The number of unbranched alkanes of at least 4 members (excludes halogenated alkanes) is 2. The number of hydrogen-bond donors (Lipinski definition) is 1.